The highest BCUT2D eigenvalue weighted by molar-refractivity contribution is 6.15. The molecule has 0 saturated carbocycles. The predicted octanol–water partition coefficient (Wildman–Crippen LogP) is 5.50. The van der Waals surface area contributed by atoms with Crippen molar-refractivity contribution in [1.29, 1.82) is 0 Å². The number of hydrogen-bond acceptors (Lipinski definition) is 8. The van der Waals surface area contributed by atoms with Crippen molar-refractivity contribution in [2.75, 3.05) is 31.7 Å². The Labute approximate surface area is 286 Å². The zero-order valence-electron chi connectivity index (χ0n) is 27.4. The van der Waals surface area contributed by atoms with Gasteiger partial charge in [-0.15, -0.1) is 0 Å². The minimum absolute atomic E-state index is 0.0947. The Morgan fingerprint density at radius 3 is 2.20 bits per heavy atom. The van der Waals surface area contributed by atoms with Crippen molar-refractivity contribution in [3.8, 4) is 11.4 Å². The number of aromatic nitrogens is 2. The first-order chi connectivity index (χ1) is 24.0. The van der Waals surface area contributed by atoms with Crippen molar-refractivity contribution < 1.29 is 23.8 Å². The largest absolute Gasteiger partial charge is 0.491 e. The molecule has 3 atom stereocenters. The van der Waals surface area contributed by atoms with Crippen LogP contribution in [0.5, 0.6) is 5.75 Å². The summed E-state index contributed by atoms with van der Waals surface area (Å²) in [6.45, 7) is 1.75. The molecule has 0 aliphatic carbocycles. The highest BCUT2D eigenvalue weighted by atomic mass is 16.5. The van der Waals surface area contributed by atoms with Crippen molar-refractivity contribution >= 4 is 17.7 Å². The Bertz CT molecular complexity index is 1740. The van der Waals surface area contributed by atoms with Crippen LogP contribution in [0.25, 0.3) is 5.69 Å². The molecule has 0 radical (unpaired) electrons. The molecule has 252 valence electrons. The standard InChI is InChI=1S/C39H41N5O5/c1-47-39(46)44(38(45)37(40)36(29-12-4-2-5-13-29)30-14-6-3-7-15-30)35-16-9-8-11-28(35)17-20-33-25-41-26-34(49-33)27-48-32-21-18-31(19-22-32)43-24-10-23-42-43/h2-16,18-19,21-24,33-34,36-37,41H,17,20,25-27,40H2,1H3/t33-,34+,37+/m1/s1. The lowest BCUT2D eigenvalue weighted by Gasteiger charge is -2.32. The van der Waals surface area contributed by atoms with Crippen molar-refractivity contribution in [2.24, 2.45) is 5.73 Å². The summed E-state index contributed by atoms with van der Waals surface area (Å²) in [5.74, 6) is -0.282. The van der Waals surface area contributed by atoms with Gasteiger partial charge in [-0.2, -0.15) is 5.10 Å². The molecular weight excluding hydrogens is 618 g/mol. The molecule has 1 aliphatic heterocycles. The highest BCUT2D eigenvalue weighted by Crippen LogP contribution is 2.31. The van der Waals surface area contributed by atoms with Gasteiger partial charge in [-0.25, -0.2) is 14.4 Å². The number of para-hydroxylation sites is 1. The Balaban J connectivity index is 1.13. The maximum absolute atomic E-state index is 14.2. The molecular formula is C39H41N5O5. The van der Waals surface area contributed by atoms with Gasteiger partial charge in [0.1, 0.15) is 18.5 Å². The topological polar surface area (TPSA) is 121 Å². The van der Waals surface area contributed by atoms with Crippen LogP contribution in [-0.4, -0.2) is 66.8 Å². The number of methoxy groups -OCH3 is 1. The average molecular weight is 660 g/mol. The number of nitrogens with zero attached hydrogens (tertiary/aromatic N) is 3. The molecule has 0 spiro atoms. The lowest BCUT2D eigenvalue weighted by atomic mass is 9.84. The second kappa shape index (κ2) is 16.2. The Morgan fingerprint density at radius 2 is 1.55 bits per heavy atom. The third-order valence-electron chi connectivity index (χ3n) is 8.68. The Kier molecular flexibility index (Phi) is 11.1. The monoisotopic (exact) mass is 659 g/mol. The van der Waals surface area contributed by atoms with E-state index in [-0.39, 0.29) is 12.2 Å². The molecule has 0 bridgehead atoms. The van der Waals surface area contributed by atoms with Gasteiger partial charge in [-0.1, -0.05) is 78.9 Å². The van der Waals surface area contributed by atoms with Gasteiger partial charge in [0.2, 0.25) is 0 Å². The Morgan fingerprint density at radius 1 is 0.898 bits per heavy atom. The minimum atomic E-state index is -1.06. The molecule has 5 aromatic rings. The number of morpholine rings is 1. The fourth-order valence-electron chi connectivity index (χ4n) is 6.22. The van der Waals surface area contributed by atoms with E-state index in [1.54, 1.807) is 23.0 Å². The van der Waals surface area contributed by atoms with Crippen LogP contribution in [0.1, 0.15) is 29.0 Å². The number of nitrogens with two attached hydrogens (primary N) is 1. The van der Waals surface area contributed by atoms with Crippen LogP contribution in [-0.2, 0) is 20.7 Å². The van der Waals surface area contributed by atoms with Gasteiger partial charge in [-0.05, 0) is 65.9 Å². The average Bonchev–Trinajstić information content (AvgIpc) is 3.70. The van der Waals surface area contributed by atoms with Crippen LogP contribution < -0.4 is 20.7 Å². The van der Waals surface area contributed by atoms with Crippen molar-refractivity contribution in [3.05, 3.63) is 144 Å². The quantitative estimate of drug-likeness (QED) is 0.180. The second-order valence-electron chi connectivity index (χ2n) is 11.9. The zero-order chi connectivity index (χ0) is 34.0. The van der Waals surface area contributed by atoms with Gasteiger partial charge in [0.05, 0.1) is 30.6 Å². The number of carbonyl (C=O) groups is 2. The molecule has 1 aromatic heterocycles. The number of carbonyl (C=O) groups excluding carboxylic acids is 2. The molecule has 1 fully saturated rings. The van der Waals surface area contributed by atoms with Gasteiger partial charge >= 0.3 is 6.09 Å². The SMILES string of the molecule is COC(=O)N(C(=O)[C@@H](N)C(c1ccccc1)c1ccccc1)c1ccccc1CC[C@@H]1CNC[C@@H](COc2ccc(-n3cccn3)cc2)O1. The summed E-state index contributed by atoms with van der Waals surface area (Å²) in [5.41, 5.74) is 10.7. The number of imide groups is 1. The molecule has 4 aromatic carbocycles. The van der Waals surface area contributed by atoms with E-state index in [1.807, 2.05) is 109 Å². The van der Waals surface area contributed by atoms with Gasteiger partial charge < -0.3 is 25.3 Å². The van der Waals surface area contributed by atoms with Gasteiger partial charge in [0.15, 0.2) is 0 Å². The fourth-order valence-corrected chi connectivity index (χ4v) is 6.22. The molecule has 2 heterocycles. The number of amides is 2. The summed E-state index contributed by atoms with van der Waals surface area (Å²) < 4.78 is 19.4. The molecule has 2 amide bonds. The van der Waals surface area contributed by atoms with E-state index in [1.165, 1.54) is 7.11 Å². The normalized spacial score (nSPS) is 16.6. The lowest BCUT2D eigenvalue weighted by Crippen LogP contribution is -2.50. The summed E-state index contributed by atoms with van der Waals surface area (Å²) in [5, 5.41) is 7.71. The van der Waals surface area contributed by atoms with E-state index >= 15 is 0 Å². The van der Waals surface area contributed by atoms with Crippen LogP contribution in [0.2, 0.25) is 0 Å². The van der Waals surface area contributed by atoms with Crippen LogP contribution in [0.15, 0.2) is 128 Å². The number of rotatable bonds is 12. The molecule has 49 heavy (non-hydrogen) atoms. The third kappa shape index (κ3) is 8.24. The number of hydrogen-bond donors (Lipinski definition) is 2. The van der Waals surface area contributed by atoms with Gasteiger partial charge in [0.25, 0.3) is 5.91 Å². The molecule has 10 nitrogen and oxygen atoms in total. The smallest absolute Gasteiger partial charge is 0.420 e. The summed E-state index contributed by atoms with van der Waals surface area (Å²) in [7, 11) is 1.26. The number of anilines is 1. The van der Waals surface area contributed by atoms with E-state index in [0.29, 0.717) is 38.2 Å². The first-order valence-corrected chi connectivity index (χ1v) is 16.5. The minimum Gasteiger partial charge on any atom is -0.491 e. The van der Waals surface area contributed by atoms with E-state index in [2.05, 4.69) is 10.4 Å². The number of aryl methyl sites for hydroxylation is 1. The third-order valence-corrected chi connectivity index (χ3v) is 8.68. The maximum atomic E-state index is 14.2. The molecule has 1 saturated heterocycles. The Hall–Kier alpha value is -5.29. The zero-order valence-corrected chi connectivity index (χ0v) is 27.4. The van der Waals surface area contributed by atoms with E-state index in [9.17, 15) is 9.59 Å². The van der Waals surface area contributed by atoms with Crippen molar-refractivity contribution in [1.82, 2.24) is 15.1 Å². The van der Waals surface area contributed by atoms with Crippen LogP contribution in [0.3, 0.4) is 0 Å². The van der Waals surface area contributed by atoms with Gasteiger partial charge in [0, 0.05) is 31.4 Å². The molecule has 0 unspecified atom stereocenters. The fraction of sp³-hybridized carbons (Fsp3) is 0.256. The van der Waals surface area contributed by atoms with Crippen LogP contribution in [0.4, 0.5) is 10.5 Å². The number of nitrogens with one attached hydrogen (secondary N) is 1. The predicted molar refractivity (Wildman–Crippen MR) is 188 cm³/mol. The molecule has 10 heteroatoms. The van der Waals surface area contributed by atoms with Crippen molar-refractivity contribution in [2.45, 2.75) is 37.0 Å². The van der Waals surface area contributed by atoms with E-state index in [4.69, 9.17) is 19.9 Å². The first-order valence-electron chi connectivity index (χ1n) is 16.5. The lowest BCUT2D eigenvalue weighted by molar-refractivity contribution is -0.119. The van der Waals surface area contributed by atoms with Crippen LogP contribution in [0, 0.1) is 0 Å². The number of benzene rings is 4. The summed E-state index contributed by atoms with van der Waals surface area (Å²) in [4.78, 5) is 28.6. The summed E-state index contributed by atoms with van der Waals surface area (Å²) in [6.07, 6.45) is 3.82. The summed E-state index contributed by atoms with van der Waals surface area (Å²) in [6, 6.07) is 35.2. The molecule has 1 aliphatic rings. The maximum Gasteiger partial charge on any atom is 0.420 e. The second-order valence-corrected chi connectivity index (χ2v) is 11.9. The molecule has 6 rings (SSSR count). The van der Waals surface area contributed by atoms with E-state index < -0.39 is 24.0 Å². The van der Waals surface area contributed by atoms with Crippen LogP contribution >= 0.6 is 0 Å². The number of ether oxygens (including phenoxy) is 3. The van der Waals surface area contributed by atoms with Gasteiger partial charge in [-0.3, -0.25) is 4.79 Å². The highest BCUT2D eigenvalue weighted by Gasteiger charge is 2.36. The summed E-state index contributed by atoms with van der Waals surface area (Å²) >= 11 is 0. The first kappa shape index (κ1) is 33.6. The van der Waals surface area contributed by atoms with Crippen molar-refractivity contribution in [3.63, 3.8) is 0 Å². The van der Waals surface area contributed by atoms with E-state index in [0.717, 1.165) is 33.0 Å². The molecule has 3 N–H and O–H groups in total.